The molecule has 1 atom stereocenters. The van der Waals surface area contributed by atoms with Gasteiger partial charge in [0.25, 0.3) is 0 Å². The van der Waals surface area contributed by atoms with Crippen LogP contribution in [0.15, 0.2) is 67.6 Å². The zero-order chi connectivity index (χ0) is 28.0. The minimum atomic E-state index is -0.830. The molecule has 1 aromatic carbocycles. The van der Waals surface area contributed by atoms with Crippen LogP contribution >= 0.6 is 0 Å². The first-order valence-corrected chi connectivity index (χ1v) is 13.8. The highest BCUT2D eigenvalue weighted by Crippen LogP contribution is 2.29. The molecule has 12 heteroatoms. The Bertz CT molecular complexity index is 1650. The number of anilines is 2. The predicted octanol–water partition coefficient (Wildman–Crippen LogP) is 2.72. The van der Waals surface area contributed by atoms with Gasteiger partial charge in [0, 0.05) is 80.1 Å². The third-order valence-corrected chi connectivity index (χ3v) is 8.05. The average Bonchev–Trinajstić information content (AvgIpc) is 3.63. The monoisotopic (exact) mass is 554 g/mol. The second kappa shape index (κ2) is 10.2. The SMILES string of the molecule is C[C@](N)(c1ccc(F)cc1)c1cnc(N2CCN(c3ncnn4cc(-c5cnn(CC6COC6)c5)cc34)CC2)nc1. The van der Waals surface area contributed by atoms with E-state index in [2.05, 4.69) is 47.2 Å². The van der Waals surface area contributed by atoms with Gasteiger partial charge in [-0.2, -0.15) is 10.2 Å². The molecule has 0 spiro atoms. The maximum absolute atomic E-state index is 13.4. The molecule has 5 aromatic rings. The fourth-order valence-electron chi connectivity index (χ4n) is 5.42. The van der Waals surface area contributed by atoms with Crippen LogP contribution in [0.4, 0.5) is 16.2 Å². The summed E-state index contributed by atoms with van der Waals surface area (Å²) in [6, 6.07) is 8.34. The van der Waals surface area contributed by atoms with Crippen molar-refractivity contribution in [3.63, 3.8) is 0 Å². The number of rotatable bonds is 7. The minimum Gasteiger partial charge on any atom is -0.381 e. The molecule has 0 aliphatic carbocycles. The summed E-state index contributed by atoms with van der Waals surface area (Å²) in [6.45, 7) is 7.39. The molecule has 2 aliphatic rings. The zero-order valence-corrected chi connectivity index (χ0v) is 22.8. The van der Waals surface area contributed by atoms with Crippen molar-refractivity contribution < 1.29 is 9.13 Å². The average molecular weight is 555 g/mol. The van der Waals surface area contributed by atoms with Gasteiger partial charge in [-0.3, -0.25) is 4.68 Å². The highest BCUT2D eigenvalue weighted by Gasteiger charge is 2.27. The van der Waals surface area contributed by atoms with Crippen LogP contribution in [0.2, 0.25) is 0 Å². The molecule has 0 radical (unpaired) electrons. The Morgan fingerprint density at radius 3 is 2.34 bits per heavy atom. The van der Waals surface area contributed by atoms with Crippen LogP contribution in [-0.2, 0) is 16.8 Å². The number of nitrogens with two attached hydrogens (primary N) is 1. The maximum Gasteiger partial charge on any atom is 0.225 e. The number of fused-ring (bicyclic) bond motifs is 1. The van der Waals surface area contributed by atoms with E-state index in [1.165, 1.54) is 12.1 Å². The lowest BCUT2D eigenvalue weighted by Gasteiger charge is -2.35. The van der Waals surface area contributed by atoms with Crippen molar-refractivity contribution in [1.82, 2.24) is 34.3 Å². The van der Waals surface area contributed by atoms with Gasteiger partial charge in [-0.05, 0) is 30.7 Å². The number of halogens is 1. The molecule has 2 fully saturated rings. The van der Waals surface area contributed by atoms with Gasteiger partial charge in [-0.25, -0.2) is 23.9 Å². The smallest absolute Gasteiger partial charge is 0.225 e. The summed E-state index contributed by atoms with van der Waals surface area (Å²) in [5.74, 6) is 1.81. The lowest BCUT2D eigenvalue weighted by Crippen LogP contribution is -2.47. The van der Waals surface area contributed by atoms with Crippen molar-refractivity contribution in [2.24, 2.45) is 11.7 Å². The first-order chi connectivity index (χ1) is 19.9. The summed E-state index contributed by atoms with van der Waals surface area (Å²) >= 11 is 0. The van der Waals surface area contributed by atoms with Crippen LogP contribution in [-0.4, -0.2) is 73.7 Å². The number of nitrogens with zero attached hydrogens (tertiary/aromatic N) is 9. The maximum atomic E-state index is 13.4. The van der Waals surface area contributed by atoms with E-state index in [4.69, 9.17) is 10.5 Å². The molecule has 2 aliphatic heterocycles. The Kier molecular flexibility index (Phi) is 6.36. The molecular formula is C29H31FN10O. The zero-order valence-electron chi connectivity index (χ0n) is 22.8. The Hall–Kier alpha value is -4.42. The van der Waals surface area contributed by atoms with Crippen LogP contribution in [0, 0.1) is 11.7 Å². The lowest BCUT2D eigenvalue weighted by molar-refractivity contribution is -0.0408. The minimum absolute atomic E-state index is 0.293. The highest BCUT2D eigenvalue weighted by atomic mass is 19.1. The number of benzene rings is 1. The molecule has 0 unspecified atom stereocenters. The molecule has 2 N–H and O–H groups in total. The van der Waals surface area contributed by atoms with E-state index in [1.807, 2.05) is 28.5 Å². The van der Waals surface area contributed by atoms with E-state index >= 15 is 0 Å². The van der Waals surface area contributed by atoms with Gasteiger partial charge in [0.1, 0.15) is 17.7 Å². The van der Waals surface area contributed by atoms with E-state index in [1.54, 1.807) is 30.9 Å². The summed E-state index contributed by atoms with van der Waals surface area (Å²) in [4.78, 5) is 18.3. The summed E-state index contributed by atoms with van der Waals surface area (Å²) in [5.41, 5.74) is 10.4. The molecule has 11 nitrogen and oxygen atoms in total. The van der Waals surface area contributed by atoms with Crippen molar-refractivity contribution in [1.29, 1.82) is 0 Å². The molecule has 0 bridgehead atoms. The number of piperazine rings is 1. The fraction of sp³-hybridized carbons (Fsp3) is 0.345. The molecule has 4 aromatic heterocycles. The summed E-state index contributed by atoms with van der Waals surface area (Å²) in [6.07, 6.45) is 11.1. The van der Waals surface area contributed by atoms with Gasteiger partial charge in [0.2, 0.25) is 5.95 Å². The molecule has 210 valence electrons. The first kappa shape index (κ1) is 25.5. The molecule has 0 saturated carbocycles. The van der Waals surface area contributed by atoms with Gasteiger partial charge >= 0.3 is 0 Å². The largest absolute Gasteiger partial charge is 0.381 e. The Morgan fingerprint density at radius 2 is 1.63 bits per heavy atom. The second-order valence-corrected chi connectivity index (χ2v) is 11.0. The molecule has 0 amide bonds. The van der Waals surface area contributed by atoms with E-state index in [0.717, 1.165) is 79.5 Å². The van der Waals surface area contributed by atoms with Crippen molar-refractivity contribution in [2.75, 3.05) is 49.2 Å². The number of aromatic nitrogens is 7. The third kappa shape index (κ3) is 4.89. The van der Waals surface area contributed by atoms with Crippen LogP contribution in [0.25, 0.3) is 16.6 Å². The van der Waals surface area contributed by atoms with Crippen LogP contribution < -0.4 is 15.5 Å². The Labute approximate surface area is 236 Å². The standard InChI is InChI=1S/C29H31FN10O/c1-29(31,23-2-4-25(30)5-3-23)24-12-32-28(33-13-24)38-8-6-37(7-9-38)27-26-10-21(16-40(26)36-19-34-27)22-11-35-39(15-22)14-20-17-41-18-20/h2-5,10-13,15-16,19-20H,6-9,14,17-18,31H2,1H3/t29-/m0/s1. The quantitative estimate of drug-likeness (QED) is 0.324. The van der Waals surface area contributed by atoms with Gasteiger partial charge in [0.15, 0.2) is 5.82 Å². The van der Waals surface area contributed by atoms with Gasteiger partial charge in [0.05, 0.1) is 24.9 Å². The van der Waals surface area contributed by atoms with E-state index in [9.17, 15) is 4.39 Å². The Balaban J connectivity index is 1.03. The predicted molar refractivity (Wildman–Crippen MR) is 152 cm³/mol. The van der Waals surface area contributed by atoms with Gasteiger partial charge < -0.3 is 20.3 Å². The topological polar surface area (TPSA) is 116 Å². The van der Waals surface area contributed by atoms with Crippen molar-refractivity contribution >= 4 is 17.3 Å². The number of hydrogen-bond donors (Lipinski definition) is 1. The van der Waals surface area contributed by atoms with Gasteiger partial charge in [-0.15, -0.1) is 0 Å². The molecule has 41 heavy (non-hydrogen) atoms. The van der Waals surface area contributed by atoms with Crippen LogP contribution in [0.5, 0.6) is 0 Å². The third-order valence-electron chi connectivity index (χ3n) is 8.05. The molecule has 2 saturated heterocycles. The highest BCUT2D eigenvalue weighted by molar-refractivity contribution is 5.77. The normalized spacial score (nSPS) is 17.5. The number of hydrogen-bond acceptors (Lipinski definition) is 9. The van der Waals surface area contributed by atoms with Crippen LogP contribution in [0.3, 0.4) is 0 Å². The molecular weight excluding hydrogens is 523 g/mol. The van der Waals surface area contributed by atoms with E-state index < -0.39 is 5.54 Å². The van der Waals surface area contributed by atoms with E-state index in [-0.39, 0.29) is 5.82 Å². The molecule has 7 rings (SSSR count). The summed E-state index contributed by atoms with van der Waals surface area (Å²) in [5, 5.41) is 8.99. The van der Waals surface area contributed by atoms with Crippen molar-refractivity contribution in [2.45, 2.75) is 19.0 Å². The first-order valence-electron chi connectivity index (χ1n) is 13.8. The fourth-order valence-corrected chi connectivity index (χ4v) is 5.42. The second-order valence-electron chi connectivity index (χ2n) is 11.0. The summed E-state index contributed by atoms with van der Waals surface area (Å²) < 4.78 is 22.5. The summed E-state index contributed by atoms with van der Waals surface area (Å²) in [7, 11) is 0. The van der Waals surface area contributed by atoms with Crippen molar-refractivity contribution in [3.05, 3.63) is 84.6 Å². The molecule has 6 heterocycles. The van der Waals surface area contributed by atoms with Crippen LogP contribution in [0.1, 0.15) is 18.1 Å². The van der Waals surface area contributed by atoms with E-state index in [0.29, 0.717) is 11.9 Å². The number of ether oxygens (including phenoxy) is 1. The van der Waals surface area contributed by atoms with Crippen molar-refractivity contribution in [3.8, 4) is 11.1 Å². The lowest BCUT2D eigenvalue weighted by atomic mass is 9.87. The Morgan fingerprint density at radius 1 is 0.902 bits per heavy atom. The van der Waals surface area contributed by atoms with Gasteiger partial charge in [-0.1, -0.05) is 12.1 Å².